The molecular formula is C22H19BrN2O3S. The van der Waals surface area contributed by atoms with Crippen molar-refractivity contribution in [1.82, 2.24) is 4.98 Å². The first kappa shape index (κ1) is 21.0. The molecule has 2 aromatic heterocycles. The highest BCUT2D eigenvalue weighted by Gasteiger charge is 2.02. The van der Waals surface area contributed by atoms with E-state index in [2.05, 4.69) is 81.2 Å². The molecule has 7 heteroatoms. The molecule has 0 aliphatic rings. The Hall–Kier alpha value is -2.74. The number of hydrogen-bond donors (Lipinski definition) is 1. The lowest BCUT2D eigenvalue weighted by molar-refractivity contribution is -0.673. The predicted molar refractivity (Wildman–Crippen MR) is 117 cm³/mol. The van der Waals surface area contributed by atoms with Gasteiger partial charge in [0.15, 0.2) is 6.20 Å². The fourth-order valence-electron chi connectivity index (χ4n) is 2.72. The molecule has 29 heavy (non-hydrogen) atoms. The number of nitrogens with zero attached hydrogens (tertiary/aromatic N) is 1. The molecule has 2 aromatic carbocycles. The fraction of sp³-hybridized carbons (Fsp3) is 0.0455. The maximum Gasteiger partial charge on any atom is 0.204 e. The van der Waals surface area contributed by atoms with E-state index in [4.69, 9.17) is 0 Å². The molecule has 4 aromatic rings. The highest BCUT2D eigenvalue weighted by Crippen LogP contribution is 2.19. The van der Waals surface area contributed by atoms with Crippen molar-refractivity contribution in [2.45, 2.75) is 4.90 Å². The van der Waals surface area contributed by atoms with Crippen molar-refractivity contribution >= 4 is 49.1 Å². The lowest BCUT2D eigenvalue weighted by atomic mass is 10.1. The van der Waals surface area contributed by atoms with Crippen LogP contribution in [0.5, 0.6) is 0 Å². The second-order valence-electron chi connectivity index (χ2n) is 6.27. The van der Waals surface area contributed by atoms with Crippen LogP contribution < -0.4 is 4.57 Å². The largest absolute Gasteiger partial charge is 0.744 e. The average molecular weight is 471 g/mol. The lowest BCUT2D eigenvalue weighted by Crippen LogP contribution is -2.30. The van der Waals surface area contributed by atoms with Crippen LogP contribution in [0.25, 0.3) is 23.1 Å². The summed E-state index contributed by atoms with van der Waals surface area (Å²) in [5.74, 6) is 0. The van der Waals surface area contributed by atoms with Crippen LogP contribution in [0.3, 0.4) is 0 Å². The van der Waals surface area contributed by atoms with Gasteiger partial charge >= 0.3 is 0 Å². The van der Waals surface area contributed by atoms with E-state index in [1.165, 1.54) is 46.4 Å². The van der Waals surface area contributed by atoms with E-state index in [0.717, 1.165) is 4.47 Å². The van der Waals surface area contributed by atoms with Crippen LogP contribution in [-0.2, 0) is 17.2 Å². The summed E-state index contributed by atoms with van der Waals surface area (Å²) in [6.07, 6.45) is 8.38. The Labute approximate surface area is 178 Å². The minimum atomic E-state index is -4.29. The second kappa shape index (κ2) is 9.17. The Morgan fingerprint density at radius 1 is 0.966 bits per heavy atom. The Balaban J connectivity index is 0.000000188. The summed E-state index contributed by atoms with van der Waals surface area (Å²) in [4.78, 5) is 3.07. The zero-order chi connectivity index (χ0) is 20.9. The number of benzene rings is 2. The normalized spacial score (nSPS) is 11.4. The molecule has 0 saturated heterocycles. The maximum atomic E-state index is 10.4. The summed E-state index contributed by atoms with van der Waals surface area (Å²) >= 11 is 3.12. The fourth-order valence-corrected chi connectivity index (χ4v) is 3.45. The van der Waals surface area contributed by atoms with Crippen LogP contribution in [0.4, 0.5) is 0 Å². The van der Waals surface area contributed by atoms with Gasteiger partial charge in [-0.3, -0.25) is 0 Å². The number of H-pyrrole nitrogens is 1. The number of aromatic nitrogens is 2. The summed E-state index contributed by atoms with van der Waals surface area (Å²) in [7, 11) is -2.24. The van der Waals surface area contributed by atoms with Gasteiger partial charge in [-0.15, -0.1) is 0 Å². The van der Waals surface area contributed by atoms with E-state index in [9.17, 15) is 13.0 Å². The van der Waals surface area contributed by atoms with Crippen molar-refractivity contribution in [2.24, 2.45) is 7.05 Å². The monoisotopic (exact) mass is 470 g/mol. The SMILES string of the molecule is C[n+]1ccccc1/C=C/c1c[nH]c2ccccc12.O=S(=O)([O-])c1ccc(Br)cc1. The summed E-state index contributed by atoms with van der Waals surface area (Å²) in [6.45, 7) is 0. The number of aromatic amines is 1. The first-order valence-electron chi connectivity index (χ1n) is 8.75. The molecule has 1 N–H and O–H groups in total. The van der Waals surface area contributed by atoms with E-state index in [1.54, 1.807) is 0 Å². The molecule has 0 saturated carbocycles. The summed E-state index contributed by atoms with van der Waals surface area (Å²) in [5.41, 5.74) is 3.58. The highest BCUT2D eigenvalue weighted by molar-refractivity contribution is 9.10. The van der Waals surface area contributed by atoms with Gasteiger partial charge in [0.05, 0.1) is 4.90 Å². The van der Waals surface area contributed by atoms with Gasteiger partial charge in [-0.25, -0.2) is 13.0 Å². The van der Waals surface area contributed by atoms with Gasteiger partial charge in [-0.2, -0.15) is 0 Å². The molecule has 2 heterocycles. The van der Waals surface area contributed by atoms with Gasteiger partial charge in [0.1, 0.15) is 17.2 Å². The van der Waals surface area contributed by atoms with Gasteiger partial charge in [-0.1, -0.05) is 34.1 Å². The van der Waals surface area contributed by atoms with Crippen LogP contribution in [0.2, 0.25) is 0 Å². The van der Waals surface area contributed by atoms with Gasteiger partial charge in [-0.05, 0) is 48.0 Å². The van der Waals surface area contributed by atoms with Crippen molar-refractivity contribution in [3.63, 3.8) is 0 Å². The molecule has 4 rings (SSSR count). The summed E-state index contributed by atoms with van der Waals surface area (Å²) in [5, 5.41) is 1.26. The van der Waals surface area contributed by atoms with E-state index in [1.807, 2.05) is 18.3 Å². The van der Waals surface area contributed by atoms with E-state index in [0.29, 0.717) is 0 Å². The van der Waals surface area contributed by atoms with Gasteiger partial charge in [0.25, 0.3) is 0 Å². The summed E-state index contributed by atoms with van der Waals surface area (Å²) < 4.78 is 34.0. The predicted octanol–water partition coefficient (Wildman–Crippen LogP) is 4.52. The molecule has 0 unspecified atom stereocenters. The third kappa shape index (κ3) is 5.63. The van der Waals surface area contributed by atoms with Gasteiger partial charge in [0.2, 0.25) is 5.69 Å². The van der Waals surface area contributed by atoms with Crippen molar-refractivity contribution < 1.29 is 17.5 Å². The molecule has 0 spiro atoms. The van der Waals surface area contributed by atoms with E-state index >= 15 is 0 Å². The molecule has 0 aliphatic heterocycles. The molecule has 0 radical (unpaired) electrons. The number of aryl methyl sites for hydroxylation is 1. The van der Waals surface area contributed by atoms with Crippen LogP contribution in [-0.4, -0.2) is 18.0 Å². The van der Waals surface area contributed by atoms with Crippen molar-refractivity contribution in [3.8, 4) is 0 Å². The van der Waals surface area contributed by atoms with Crippen molar-refractivity contribution in [2.75, 3.05) is 0 Å². The Morgan fingerprint density at radius 2 is 1.66 bits per heavy atom. The second-order valence-corrected chi connectivity index (χ2v) is 8.56. The molecule has 5 nitrogen and oxygen atoms in total. The number of halogens is 1. The third-order valence-electron chi connectivity index (χ3n) is 4.25. The molecule has 0 amide bonds. The molecule has 148 valence electrons. The van der Waals surface area contributed by atoms with E-state index < -0.39 is 10.1 Å². The summed E-state index contributed by atoms with van der Waals surface area (Å²) in [6, 6.07) is 20.0. The standard InChI is InChI=1S/C16H14N2.C6H5BrO3S/c1-18-11-5-4-6-14(18)10-9-13-12-17-16-8-3-2-7-15(13)16;7-5-1-3-6(4-2-5)11(8,9)10/h2-12H,1H3;1-4H,(H,8,9,10). The number of para-hydroxylation sites is 1. The lowest BCUT2D eigenvalue weighted by Gasteiger charge is -2.05. The molecular weight excluding hydrogens is 452 g/mol. The number of pyridine rings is 1. The Kier molecular flexibility index (Phi) is 6.64. The first-order valence-corrected chi connectivity index (χ1v) is 10.9. The quantitative estimate of drug-likeness (QED) is 0.353. The van der Waals surface area contributed by atoms with Crippen LogP contribution in [0.15, 0.2) is 88.5 Å². The number of fused-ring (bicyclic) bond motifs is 1. The molecule has 0 bridgehead atoms. The smallest absolute Gasteiger partial charge is 0.204 e. The highest BCUT2D eigenvalue weighted by atomic mass is 79.9. The zero-order valence-electron chi connectivity index (χ0n) is 15.6. The molecule has 0 atom stereocenters. The zero-order valence-corrected chi connectivity index (χ0v) is 18.0. The number of nitrogens with one attached hydrogen (secondary N) is 1. The van der Waals surface area contributed by atoms with Crippen LogP contribution >= 0.6 is 15.9 Å². The number of hydrogen-bond acceptors (Lipinski definition) is 3. The van der Waals surface area contributed by atoms with Crippen molar-refractivity contribution in [3.05, 3.63) is 94.9 Å². The minimum Gasteiger partial charge on any atom is -0.744 e. The number of rotatable bonds is 3. The maximum absolute atomic E-state index is 10.4. The van der Waals surface area contributed by atoms with Crippen LogP contribution in [0, 0.1) is 0 Å². The molecule has 0 aliphatic carbocycles. The van der Waals surface area contributed by atoms with Gasteiger partial charge < -0.3 is 9.54 Å². The van der Waals surface area contributed by atoms with Gasteiger partial charge in [0, 0.05) is 39.8 Å². The Morgan fingerprint density at radius 3 is 2.34 bits per heavy atom. The average Bonchev–Trinajstić information content (AvgIpc) is 3.11. The Bertz CT molecular complexity index is 1250. The molecule has 0 fully saturated rings. The topological polar surface area (TPSA) is 76.9 Å². The first-order chi connectivity index (χ1) is 13.8. The third-order valence-corrected chi connectivity index (χ3v) is 5.63. The van der Waals surface area contributed by atoms with Crippen molar-refractivity contribution in [1.29, 1.82) is 0 Å². The minimum absolute atomic E-state index is 0.208. The van der Waals surface area contributed by atoms with E-state index in [-0.39, 0.29) is 4.90 Å². The van der Waals surface area contributed by atoms with Crippen LogP contribution in [0.1, 0.15) is 11.3 Å².